The molecule has 2 aromatic heterocycles. The predicted molar refractivity (Wildman–Crippen MR) is 91.2 cm³/mol. The molecule has 1 atom stereocenters. The van der Waals surface area contributed by atoms with Gasteiger partial charge in [-0.25, -0.2) is 4.98 Å². The molecule has 6 nitrogen and oxygen atoms in total. The van der Waals surface area contributed by atoms with Crippen LogP contribution in [-0.2, 0) is 16.0 Å². The van der Waals surface area contributed by atoms with Gasteiger partial charge in [0.05, 0.1) is 23.8 Å². The number of hydrogen-bond acceptors (Lipinski definition) is 5. The first-order chi connectivity index (χ1) is 11.5. The summed E-state index contributed by atoms with van der Waals surface area (Å²) in [5.41, 5.74) is 1.76. The van der Waals surface area contributed by atoms with E-state index in [0.29, 0.717) is 32.5 Å². The second-order valence-corrected chi connectivity index (χ2v) is 7.83. The van der Waals surface area contributed by atoms with Crippen molar-refractivity contribution in [3.05, 3.63) is 23.0 Å². The van der Waals surface area contributed by atoms with Gasteiger partial charge in [0.15, 0.2) is 4.96 Å². The fourth-order valence-corrected chi connectivity index (χ4v) is 4.68. The number of aryl methyl sites for hydroxylation is 1. The van der Waals surface area contributed by atoms with Crippen LogP contribution in [-0.4, -0.2) is 56.7 Å². The van der Waals surface area contributed by atoms with Gasteiger partial charge in [0.25, 0.3) is 0 Å². The zero-order valence-electron chi connectivity index (χ0n) is 13.9. The molecule has 0 aromatic carbocycles. The first-order valence-electron chi connectivity index (χ1n) is 8.57. The lowest BCUT2D eigenvalue weighted by molar-refractivity contribution is -0.153. The van der Waals surface area contributed by atoms with Crippen LogP contribution in [0.25, 0.3) is 4.96 Å². The fourth-order valence-electron chi connectivity index (χ4n) is 3.81. The molecule has 7 heteroatoms. The smallest absolute Gasteiger partial charge is 0.228 e. The Hall–Kier alpha value is -1.44. The molecule has 24 heavy (non-hydrogen) atoms. The molecule has 1 spiro atoms. The second kappa shape index (κ2) is 6.13. The zero-order valence-corrected chi connectivity index (χ0v) is 14.7. The van der Waals surface area contributed by atoms with Gasteiger partial charge in [0, 0.05) is 43.4 Å². The number of carbonyl (C=O) groups excluding carboxylic acids is 1. The van der Waals surface area contributed by atoms with E-state index in [9.17, 15) is 9.90 Å². The summed E-state index contributed by atoms with van der Waals surface area (Å²) in [4.78, 5) is 20.0. The van der Waals surface area contributed by atoms with Crippen molar-refractivity contribution in [2.24, 2.45) is 0 Å². The van der Waals surface area contributed by atoms with Crippen molar-refractivity contribution >= 4 is 22.2 Å². The van der Waals surface area contributed by atoms with Gasteiger partial charge in [0.1, 0.15) is 0 Å². The molecular formula is C17H23N3O3S. The van der Waals surface area contributed by atoms with Crippen LogP contribution in [0.3, 0.4) is 0 Å². The Morgan fingerprint density at radius 3 is 3.00 bits per heavy atom. The Kier molecular flexibility index (Phi) is 4.10. The summed E-state index contributed by atoms with van der Waals surface area (Å²) in [7, 11) is 0. The predicted octanol–water partition coefficient (Wildman–Crippen LogP) is 1.78. The lowest BCUT2D eigenvalue weighted by atomic mass is 9.83. The minimum atomic E-state index is -0.261. The number of likely N-dealkylation sites (tertiary alicyclic amines) is 1. The maximum absolute atomic E-state index is 12.6. The van der Waals surface area contributed by atoms with Crippen molar-refractivity contribution in [2.45, 2.75) is 50.7 Å². The van der Waals surface area contributed by atoms with Crippen LogP contribution in [0.15, 0.2) is 11.6 Å². The van der Waals surface area contributed by atoms with Gasteiger partial charge < -0.3 is 14.7 Å². The van der Waals surface area contributed by atoms with Crippen LogP contribution in [0, 0.1) is 6.92 Å². The second-order valence-electron chi connectivity index (χ2n) is 7.00. The van der Waals surface area contributed by atoms with Gasteiger partial charge in [-0.2, -0.15) is 0 Å². The van der Waals surface area contributed by atoms with E-state index in [-0.39, 0.29) is 17.6 Å². The van der Waals surface area contributed by atoms with E-state index in [4.69, 9.17) is 4.74 Å². The van der Waals surface area contributed by atoms with E-state index in [1.807, 2.05) is 22.4 Å². The summed E-state index contributed by atoms with van der Waals surface area (Å²) < 4.78 is 7.99. The Labute approximate surface area is 145 Å². The summed E-state index contributed by atoms with van der Waals surface area (Å²) in [6, 6.07) is 0. The number of aliphatic hydroxyl groups excluding tert-OH is 1. The molecule has 2 aliphatic rings. The zero-order chi connectivity index (χ0) is 16.7. The van der Waals surface area contributed by atoms with Crippen LogP contribution in [0.4, 0.5) is 0 Å². The van der Waals surface area contributed by atoms with Gasteiger partial charge >= 0.3 is 0 Å². The molecule has 0 aliphatic carbocycles. The molecular weight excluding hydrogens is 326 g/mol. The molecule has 2 aliphatic heterocycles. The molecule has 1 unspecified atom stereocenters. The van der Waals surface area contributed by atoms with E-state index >= 15 is 0 Å². The number of piperidine rings is 1. The summed E-state index contributed by atoms with van der Waals surface area (Å²) in [5.74, 6) is 0.129. The normalized spacial score (nSPS) is 23.9. The highest BCUT2D eigenvalue weighted by Crippen LogP contribution is 2.35. The summed E-state index contributed by atoms with van der Waals surface area (Å²) in [6.07, 6.45) is 5.10. The van der Waals surface area contributed by atoms with Crippen molar-refractivity contribution in [1.82, 2.24) is 14.3 Å². The SMILES string of the molecule is Cc1csc2nc(CC(=O)N3CCC4(CC3)CC(O)CCO4)cn12. The minimum absolute atomic E-state index is 0.129. The number of fused-ring (bicyclic) bond motifs is 1. The average molecular weight is 349 g/mol. The van der Waals surface area contributed by atoms with E-state index in [1.54, 1.807) is 11.3 Å². The van der Waals surface area contributed by atoms with E-state index in [1.165, 1.54) is 0 Å². The van der Waals surface area contributed by atoms with Crippen molar-refractivity contribution in [3.8, 4) is 0 Å². The van der Waals surface area contributed by atoms with Crippen LogP contribution < -0.4 is 0 Å². The first kappa shape index (κ1) is 16.1. The molecule has 1 amide bonds. The Morgan fingerprint density at radius 1 is 1.50 bits per heavy atom. The molecule has 4 rings (SSSR count). The third-order valence-corrected chi connectivity index (χ3v) is 6.22. The standard InChI is InChI=1S/C17H23N3O3S/c1-12-11-24-16-18-13(10-20(12)16)8-15(22)19-5-3-17(4-6-19)9-14(21)2-7-23-17/h10-11,14,21H,2-9H2,1H3. The third kappa shape index (κ3) is 2.96. The number of rotatable bonds is 2. The van der Waals surface area contributed by atoms with Crippen LogP contribution in [0.1, 0.15) is 37.1 Å². The van der Waals surface area contributed by atoms with E-state index in [2.05, 4.69) is 10.4 Å². The molecule has 0 saturated carbocycles. The molecule has 2 fully saturated rings. The molecule has 1 N–H and O–H groups in total. The number of imidazole rings is 1. The Balaban J connectivity index is 1.37. The van der Waals surface area contributed by atoms with Gasteiger partial charge in [-0.1, -0.05) is 0 Å². The van der Waals surface area contributed by atoms with Crippen LogP contribution >= 0.6 is 11.3 Å². The molecule has 2 aromatic rings. The van der Waals surface area contributed by atoms with Gasteiger partial charge in [0.2, 0.25) is 5.91 Å². The third-order valence-electron chi connectivity index (χ3n) is 5.27. The lowest BCUT2D eigenvalue weighted by Crippen LogP contribution is -2.51. The van der Waals surface area contributed by atoms with Crippen LogP contribution in [0.2, 0.25) is 0 Å². The van der Waals surface area contributed by atoms with Crippen molar-refractivity contribution in [2.75, 3.05) is 19.7 Å². The van der Waals surface area contributed by atoms with Gasteiger partial charge in [-0.3, -0.25) is 9.20 Å². The maximum atomic E-state index is 12.6. The largest absolute Gasteiger partial charge is 0.393 e. The monoisotopic (exact) mass is 349 g/mol. The summed E-state index contributed by atoms with van der Waals surface area (Å²) in [6.45, 7) is 4.07. The maximum Gasteiger partial charge on any atom is 0.228 e. The van der Waals surface area contributed by atoms with Gasteiger partial charge in [-0.05, 0) is 26.2 Å². The lowest BCUT2D eigenvalue weighted by Gasteiger charge is -2.45. The van der Waals surface area contributed by atoms with E-state index in [0.717, 1.165) is 35.6 Å². The molecule has 130 valence electrons. The number of hydrogen-bond donors (Lipinski definition) is 1. The minimum Gasteiger partial charge on any atom is -0.393 e. The summed E-state index contributed by atoms with van der Waals surface area (Å²) >= 11 is 1.60. The van der Waals surface area contributed by atoms with Gasteiger partial charge in [-0.15, -0.1) is 11.3 Å². The number of carbonyl (C=O) groups is 1. The van der Waals surface area contributed by atoms with Crippen molar-refractivity contribution in [1.29, 1.82) is 0 Å². The average Bonchev–Trinajstić information content (AvgIpc) is 3.10. The summed E-state index contributed by atoms with van der Waals surface area (Å²) in [5, 5.41) is 12.0. The fraction of sp³-hybridized carbons (Fsp3) is 0.647. The number of thiazole rings is 1. The van der Waals surface area contributed by atoms with Crippen molar-refractivity contribution < 1.29 is 14.6 Å². The molecule has 2 saturated heterocycles. The number of amides is 1. The van der Waals surface area contributed by atoms with Crippen LogP contribution in [0.5, 0.6) is 0 Å². The molecule has 0 radical (unpaired) electrons. The quantitative estimate of drug-likeness (QED) is 0.897. The molecule has 0 bridgehead atoms. The van der Waals surface area contributed by atoms with Crippen molar-refractivity contribution in [3.63, 3.8) is 0 Å². The molecule has 4 heterocycles. The topological polar surface area (TPSA) is 67.1 Å². The highest BCUT2D eigenvalue weighted by molar-refractivity contribution is 7.15. The first-order valence-corrected chi connectivity index (χ1v) is 9.44. The Bertz CT molecular complexity index is 745. The number of ether oxygens (including phenoxy) is 1. The highest BCUT2D eigenvalue weighted by Gasteiger charge is 2.40. The number of aliphatic hydroxyl groups is 1. The number of aromatic nitrogens is 2. The highest BCUT2D eigenvalue weighted by atomic mass is 32.1. The van der Waals surface area contributed by atoms with E-state index < -0.39 is 0 Å². The number of nitrogens with zero attached hydrogens (tertiary/aromatic N) is 3. The Morgan fingerprint density at radius 2 is 2.29 bits per heavy atom.